The second kappa shape index (κ2) is 2.67. The molecule has 1 heterocycles. The molecule has 9 heavy (non-hydrogen) atoms. The molecule has 0 bridgehead atoms. The van der Waals surface area contributed by atoms with Crippen LogP contribution in [0.1, 0.15) is 20.8 Å². The summed E-state index contributed by atoms with van der Waals surface area (Å²) in [5.41, 5.74) is 0. The lowest BCUT2D eigenvalue weighted by Gasteiger charge is -2.31. The van der Waals surface area contributed by atoms with Crippen molar-refractivity contribution in [1.82, 2.24) is 5.32 Å². The van der Waals surface area contributed by atoms with E-state index in [9.17, 15) is 0 Å². The van der Waals surface area contributed by atoms with E-state index in [2.05, 4.69) is 26.1 Å². The summed E-state index contributed by atoms with van der Waals surface area (Å²) in [6.45, 7) is 7.25. The van der Waals surface area contributed by atoms with E-state index in [1.807, 2.05) is 0 Å². The molecule has 0 aliphatic carbocycles. The normalized spacial score (nSPS) is 45.0. The lowest BCUT2D eigenvalue weighted by atomic mass is 10.1. The van der Waals surface area contributed by atoms with Gasteiger partial charge in [-0.15, -0.1) is 0 Å². The summed E-state index contributed by atoms with van der Waals surface area (Å²) < 4.78 is 5.44. The molecule has 0 amide bonds. The molecule has 0 aromatic heterocycles. The predicted molar refractivity (Wildman–Crippen MR) is 37.5 cm³/mol. The topological polar surface area (TPSA) is 21.3 Å². The van der Waals surface area contributed by atoms with Crippen LogP contribution in [-0.2, 0) is 4.74 Å². The van der Waals surface area contributed by atoms with Gasteiger partial charge in [0.15, 0.2) is 0 Å². The Hall–Kier alpha value is -0.0800. The minimum absolute atomic E-state index is 0.376. The Balaban J connectivity index is 2.35. The van der Waals surface area contributed by atoms with Gasteiger partial charge in [-0.2, -0.15) is 0 Å². The number of ether oxygens (including phenoxy) is 1. The molecular formula is C7H15NO. The fourth-order valence-corrected chi connectivity index (χ4v) is 1.07. The molecule has 1 aliphatic rings. The number of nitrogens with one attached hydrogen (secondary N) is 1. The van der Waals surface area contributed by atoms with E-state index >= 15 is 0 Å². The van der Waals surface area contributed by atoms with E-state index in [1.54, 1.807) is 0 Å². The molecule has 2 nitrogen and oxygen atoms in total. The minimum atomic E-state index is 0.376. The summed E-state index contributed by atoms with van der Waals surface area (Å²) in [4.78, 5) is 0. The van der Waals surface area contributed by atoms with Crippen molar-refractivity contribution in [1.29, 1.82) is 0 Å². The molecule has 54 valence electrons. The maximum absolute atomic E-state index is 5.44. The molecule has 0 spiro atoms. The summed E-state index contributed by atoms with van der Waals surface area (Å²) in [7, 11) is 0. The van der Waals surface area contributed by atoms with Crippen LogP contribution in [0.3, 0.4) is 0 Å². The molecule has 0 saturated carbocycles. The zero-order chi connectivity index (χ0) is 6.85. The Morgan fingerprint density at radius 3 is 2.44 bits per heavy atom. The van der Waals surface area contributed by atoms with Crippen LogP contribution in [-0.4, -0.2) is 24.8 Å². The average molecular weight is 129 g/mol. The molecule has 1 aliphatic heterocycles. The van der Waals surface area contributed by atoms with Gasteiger partial charge in [-0.25, -0.2) is 0 Å². The fraction of sp³-hybridized carbons (Fsp3) is 1.00. The van der Waals surface area contributed by atoms with Gasteiger partial charge in [0.25, 0.3) is 0 Å². The van der Waals surface area contributed by atoms with Crippen molar-refractivity contribution in [2.24, 2.45) is 0 Å². The fourth-order valence-electron chi connectivity index (χ4n) is 1.07. The van der Waals surface area contributed by atoms with Gasteiger partial charge in [0.2, 0.25) is 0 Å². The summed E-state index contributed by atoms with van der Waals surface area (Å²) in [6, 6.07) is 1.03. The van der Waals surface area contributed by atoms with Crippen LogP contribution < -0.4 is 5.32 Å². The van der Waals surface area contributed by atoms with Gasteiger partial charge in [0.1, 0.15) is 0 Å². The first-order valence-electron chi connectivity index (χ1n) is 3.58. The molecule has 1 fully saturated rings. The van der Waals surface area contributed by atoms with Crippen LogP contribution in [0.4, 0.5) is 0 Å². The minimum Gasteiger partial charge on any atom is -0.375 e. The van der Waals surface area contributed by atoms with E-state index in [4.69, 9.17) is 4.74 Å². The lowest BCUT2D eigenvalue weighted by molar-refractivity contribution is -0.00764. The number of hydrogen-bond acceptors (Lipinski definition) is 2. The highest BCUT2D eigenvalue weighted by Gasteiger charge is 2.20. The predicted octanol–water partition coefficient (Wildman–Crippen LogP) is 0.772. The molecule has 0 radical (unpaired) electrons. The maximum Gasteiger partial charge on any atom is 0.0698 e. The van der Waals surface area contributed by atoms with Gasteiger partial charge < -0.3 is 10.1 Å². The molecule has 0 aromatic carbocycles. The molecular weight excluding hydrogens is 114 g/mol. The van der Waals surface area contributed by atoms with Gasteiger partial charge in [-0.05, 0) is 20.8 Å². The van der Waals surface area contributed by atoms with E-state index in [-0.39, 0.29) is 0 Å². The Bertz CT molecular complexity index is 94.9. The maximum atomic E-state index is 5.44. The summed E-state index contributed by atoms with van der Waals surface area (Å²) in [6.07, 6.45) is 0.376. The van der Waals surface area contributed by atoms with E-state index in [1.165, 1.54) is 0 Å². The Morgan fingerprint density at radius 1 is 1.33 bits per heavy atom. The SMILES string of the molecule is CC1COC(C)C(C)N1. The van der Waals surface area contributed by atoms with E-state index in [0.29, 0.717) is 18.2 Å². The Labute approximate surface area is 56.6 Å². The molecule has 1 rings (SSSR count). The molecule has 1 saturated heterocycles. The zero-order valence-electron chi connectivity index (χ0n) is 6.35. The third kappa shape index (κ3) is 1.66. The van der Waals surface area contributed by atoms with Crippen LogP contribution in [0.15, 0.2) is 0 Å². The molecule has 3 unspecified atom stereocenters. The van der Waals surface area contributed by atoms with Gasteiger partial charge in [0, 0.05) is 12.1 Å². The third-order valence-corrected chi connectivity index (χ3v) is 1.86. The van der Waals surface area contributed by atoms with Crippen LogP contribution in [0.25, 0.3) is 0 Å². The highest BCUT2D eigenvalue weighted by atomic mass is 16.5. The second-order valence-electron chi connectivity index (χ2n) is 2.89. The van der Waals surface area contributed by atoms with Crippen molar-refractivity contribution >= 4 is 0 Å². The van der Waals surface area contributed by atoms with Gasteiger partial charge in [-0.1, -0.05) is 0 Å². The molecule has 1 N–H and O–H groups in total. The standard InChI is InChI=1S/C7H15NO/c1-5-4-9-7(3)6(2)8-5/h5-8H,4H2,1-3H3. The lowest BCUT2D eigenvalue weighted by Crippen LogP contribution is -2.50. The zero-order valence-corrected chi connectivity index (χ0v) is 6.35. The first-order chi connectivity index (χ1) is 4.20. The van der Waals surface area contributed by atoms with Crippen molar-refractivity contribution in [3.63, 3.8) is 0 Å². The summed E-state index contributed by atoms with van der Waals surface area (Å²) >= 11 is 0. The van der Waals surface area contributed by atoms with Crippen molar-refractivity contribution < 1.29 is 4.74 Å². The summed E-state index contributed by atoms with van der Waals surface area (Å²) in [5, 5.41) is 3.40. The monoisotopic (exact) mass is 129 g/mol. The number of rotatable bonds is 0. The smallest absolute Gasteiger partial charge is 0.0698 e. The van der Waals surface area contributed by atoms with Gasteiger partial charge in [-0.3, -0.25) is 0 Å². The highest BCUT2D eigenvalue weighted by Crippen LogP contribution is 2.05. The first-order valence-corrected chi connectivity index (χ1v) is 3.58. The molecule has 2 heteroatoms. The van der Waals surface area contributed by atoms with Gasteiger partial charge in [0.05, 0.1) is 12.7 Å². The van der Waals surface area contributed by atoms with Crippen LogP contribution in [0.5, 0.6) is 0 Å². The molecule has 3 atom stereocenters. The van der Waals surface area contributed by atoms with Crippen LogP contribution >= 0.6 is 0 Å². The van der Waals surface area contributed by atoms with Crippen molar-refractivity contribution in [3.05, 3.63) is 0 Å². The number of hydrogen-bond donors (Lipinski definition) is 1. The van der Waals surface area contributed by atoms with Crippen molar-refractivity contribution in [3.8, 4) is 0 Å². The Kier molecular flexibility index (Phi) is 2.09. The largest absolute Gasteiger partial charge is 0.375 e. The van der Waals surface area contributed by atoms with Crippen LogP contribution in [0.2, 0.25) is 0 Å². The van der Waals surface area contributed by atoms with Crippen molar-refractivity contribution in [2.75, 3.05) is 6.61 Å². The molecule has 0 aromatic rings. The Morgan fingerprint density at radius 2 is 2.00 bits per heavy atom. The second-order valence-corrected chi connectivity index (χ2v) is 2.89. The van der Waals surface area contributed by atoms with Crippen molar-refractivity contribution in [2.45, 2.75) is 39.0 Å². The van der Waals surface area contributed by atoms with E-state index < -0.39 is 0 Å². The highest BCUT2D eigenvalue weighted by molar-refractivity contribution is 4.77. The summed E-state index contributed by atoms with van der Waals surface area (Å²) in [5.74, 6) is 0. The van der Waals surface area contributed by atoms with Crippen LogP contribution in [0, 0.1) is 0 Å². The first kappa shape index (κ1) is 7.03. The number of morpholine rings is 1. The third-order valence-electron chi connectivity index (χ3n) is 1.86. The van der Waals surface area contributed by atoms with Gasteiger partial charge >= 0.3 is 0 Å². The van der Waals surface area contributed by atoms with E-state index in [0.717, 1.165) is 6.61 Å². The quantitative estimate of drug-likeness (QED) is 0.521. The average Bonchev–Trinajstić information content (AvgIpc) is 1.80.